The number of nitrogens with zero attached hydrogens (tertiary/aromatic N) is 2. The maximum Gasteiger partial charge on any atom is 0.303 e. The van der Waals surface area contributed by atoms with Crippen LogP contribution < -0.4 is 0 Å². The molecule has 0 amide bonds. The predicted molar refractivity (Wildman–Crippen MR) is 109 cm³/mol. The Bertz CT molecular complexity index is 668. The quantitative estimate of drug-likeness (QED) is 0.441. The fourth-order valence-corrected chi connectivity index (χ4v) is 5.99. The highest BCUT2D eigenvalue weighted by atomic mass is 32.2. The van der Waals surface area contributed by atoms with E-state index in [2.05, 4.69) is 11.1 Å². The number of carboxylic acids is 1. The van der Waals surface area contributed by atoms with Gasteiger partial charge in [-0.2, -0.15) is 5.26 Å². The number of fused-ring (bicyclic) bond motifs is 1. The van der Waals surface area contributed by atoms with E-state index >= 15 is 0 Å². The van der Waals surface area contributed by atoms with Crippen molar-refractivity contribution in [2.75, 3.05) is 5.75 Å². The number of hydrogen-bond donors (Lipinski definition) is 3. The second kappa shape index (κ2) is 9.43. The molecular weight excluding hydrogens is 376 g/mol. The third-order valence-corrected chi connectivity index (χ3v) is 7.52. The van der Waals surface area contributed by atoms with Crippen LogP contribution in [0.4, 0.5) is 0 Å². The smallest absolute Gasteiger partial charge is 0.303 e. The monoisotopic (exact) mass is 406 g/mol. The van der Waals surface area contributed by atoms with Crippen molar-refractivity contribution in [1.82, 2.24) is 0 Å². The molecule has 5 unspecified atom stereocenters. The Hall–Kier alpha value is -1.36. The van der Waals surface area contributed by atoms with Crippen molar-refractivity contribution in [2.45, 2.75) is 69.6 Å². The van der Waals surface area contributed by atoms with Crippen LogP contribution in [0.2, 0.25) is 0 Å². The SMILES string of the molecule is N#CC1C(SCCCC(=O)O)=NC2(O)CCC(/C=C/C(O)C3CCCCC3)C12. The number of aliphatic hydroxyl groups is 2. The summed E-state index contributed by atoms with van der Waals surface area (Å²) < 4.78 is 0. The maximum atomic E-state index is 11.0. The number of nitriles is 1. The molecule has 0 aromatic rings. The first-order chi connectivity index (χ1) is 13.4. The van der Waals surface area contributed by atoms with Gasteiger partial charge in [-0.3, -0.25) is 4.79 Å². The molecule has 3 N–H and O–H groups in total. The summed E-state index contributed by atoms with van der Waals surface area (Å²) in [4.78, 5) is 15.1. The lowest BCUT2D eigenvalue weighted by Crippen LogP contribution is -2.33. The molecule has 2 saturated carbocycles. The molecule has 154 valence electrons. The minimum atomic E-state index is -1.21. The van der Waals surface area contributed by atoms with Crippen molar-refractivity contribution in [3.63, 3.8) is 0 Å². The zero-order chi connectivity index (χ0) is 20.1. The van der Waals surface area contributed by atoms with Gasteiger partial charge in [0.2, 0.25) is 0 Å². The molecule has 7 heteroatoms. The van der Waals surface area contributed by atoms with E-state index in [1.54, 1.807) is 0 Å². The van der Waals surface area contributed by atoms with Gasteiger partial charge in [-0.15, -0.1) is 11.8 Å². The average molecular weight is 407 g/mol. The van der Waals surface area contributed by atoms with Gasteiger partial charge in [-0.1, -0.05) is 31.4 Å². The highest BCUT2D eigenvalue weighted by molar-refractivity contribution is 8.14. The Morgan fingerprint density at radius 2 is 2.11 bits per heavy atom. The molecule has 5 atom stereocenters. The van der Waals surface area contributed by atoms with Gasteiger partial charge < -0.3 is 15.3 Å². The van der Waals surface area contributed by atoms with Crippen molar-refractivity contribution in [2.24, 2.45) is 28.7 Å². The number of carbonyl (C=O) groups is 1. The Morgan fingerprint density at radius 3 is 2.79 bits per heavy atom. The number of aliphatic hydroxyl groups excluding tert-OH is 1. The van der Waals surface area contributed by atoms with Gasteiger partial charge in [0.1, 0.15) is 5.92 Å². The molecule has 0 saturated heterocycles. The molecule has 0 radical (unpaired) electrons. The van der Waals surface area contributed by atoms with Crippen LogP contribution in [0.25, 0.3) is 0 Å². The zero-order valence-corrected chi connectivity index (χ0v) is 17.0. The number of thioether (sulfide) groups is 1. The molecule has 3 rings (SSSR count). The van der Waals surface area contributed by atoms with Crippen LogP contribution in [-0.2, 0) is 4.79 Å². The number of carboxylic acid groups (broad SMARTS) is 1. The van der Waals surface area contributed by atoms with Crippen molar-refractivity contribution in [3.05, 3.63) is 12.2 Å². The lowest BCUT2D eigenvalue weighted by atomic mass is 9.81. The van der Waals surface area contributed by atoms with Crippen LogP contribution in [0.1, 0.15) is 57.8 Å². The van der Waals surface area contributed by atoms with Crippen LogP contribution in [0.5, 0.6) is 0 Å². The average Bonchev–Trinajstić information content (AvgIpc) is 3.15. The molecule has 3 aliphatic rings. The van der Waals surface area contributed by atoms with Gasteiger partial charge in [0.05, 0.1) is 17.2 Å². The maximum absolute atomic E-state index is 11.0. The topological polar surface area (TPSA) is 114 Å². The minimum Gasteiger partial charge on any atom is -0.481 e. The van der Waals surface area contributed by atoms with Gasteiger partial charge in [0, 0.05) is 12.3 Å². The molecule has 28 heavy (non-hydrogen) atoms. The standard InChI is InChI=1S/C21H30N2O4S/c22-13-16-19-15(8-9-17(24)14-5-2-1-3-6-14)10-11-21(19,27)23-20(16)28-12-4-7-18(25)26/h8-9,14-17,19,24,27H,1-7,10-12H2,(H,25,26)/b9-8+. The Balaban J connectivity index is 1.62. The Kier molecular flexibility index (Phi) is 7.19. The van der Waals surface area contributed by atoms with E-state index in [4.69, 9.17) is 5.11 Å². The number of hydrogen-bond acceptors (Lipinski definition) is 6. The number of aliphatic carboxylic acids is 1. The summed E-state index contributed by atoms with van der Waals surface area (Å²) in [6.45, 7) is 0. The summed E-state index contributed by atoms with van der Waals surface area (Å²) in [7, 11) is 0. The molecule has 1 heterocycles. The summed E-state index contributed by atoms with van der Waals surface area (Å²) in [5.41, 5.74) is -1.21. The van der Waals surface area contributed by atoms with Crippen molar-refractivity contribution in [3.8, 4) is 6.07 Å². The van der Waals surface area contributed by atoms with Crippen LogP contribution in [0.3, 0.4) is 0 Å². The minimum absolute atomic E-state index is 0.0220. The van der Waals surface area contributed by atoms with Gasteiger partial charge in [-0.25, -0.2) is 4.99 Å². The second-order valence-electron chi connectivity index (χ2n) is 8.28. The molecule has 0 aromatic carbocycles. The van der Waals surface area contributed by atoms with Gasteiger partial charge >= 0.3 is 5.97 Å². The zero-order valence-electron chi connectivity index (χ0n) is 16.2. The third-order valence-electron chi connectivity index (χ3n) is 6.38. The van der Waals surface area contributed by atoms with Crippen LogP contribution in [0, 0.1) is 35.0 Å². The number of rotatable bonds is 7. The van der Waals surface area contributed by atoms with E-state index in [0.717, 1.165) is 19.3 Å². The van der Waals surface area contributed by atoms with Crippen LogP contribution >= 0.6 is 11.8 Å². The fourth-order valence-electron chi connectivity index (χ4n) is 4.89. The first-order valence-corrected chi connectivity index (χ1v) is 11.4. The molecule has 0 bridgehead atoms. The summed E-state index contributed by atoms with van der Waals surface area (Å²) in [6, 6.07) is 2.32. The summed E-state index contributed by atoms with van der Waals surface area (Å²) in [6.07, 6.45) is 11.0. The molecule has 0 spiro atoms. The van der Waals surface area contributed by atoms with E-state index in [0.29, 0.717) is 29.6 Å². The number of allylic oxidation sites excluding steroid dienone is 1. The Morgan fingerprint density at radius 1 is 1.36 bits per heavy atom. The summed E-state index contributed by atoms with van der Waals surface area (Å²) in [5, 5.41) is 40.6. The third kappa shape index (κ3) is 4.79. The molecule has 2 fully saturated rings. The number of aliphatic imine (C=N–C) groups is 1. The van der Waals surface area contributed by atoms with E-state index < -0.39 is 23.7 Å². The molecule has 1 aliphatic heterocycles. The van der Waals surface area contributed by atoms with Crippen molar-refractivity contribution < 1.29 is 20.1 Å². The molecule has 2 aliphatic carbocycles. The highest BCUT2D eigenvalue weighted by Gasteiger charge is 2.56. The van der Waals surface area contributed by atoms with Crippen molar-refractivity contribution >= 4 is 22.8 Å². The molecule has 0 aromatic heterocycles. The van der Waals surface area contributed by atoms with E-state index in [-0.39, 0.29) is 18.3 Å². The second-order valence-corrected chi connectivity index (χ2v) is 9.40. The van der Waals surface area contributed by atoms with Gasteiger partial charge in [-0.05, 0) is 49.7 Å². The normalized spacial score (nSPS) is 34.2. The van der Waals surface area contributed by atoms with Gasteiger partial charge in [0.25, 0.3) is 0 Å². The first-order valence-electron chi connectivity index (χ1n) is 10.4. The summed E-state index contributed by atoms with van der Waals surface area (Å²) in [5.74, 6) is -0.667. The first kappa shape index (κ1) is 21.4. The van der Waals surface area contributed by atoms with E-state index in [9.17, 15) is 20.3 Å². The van der Waals surface area contributed by atoms with Gasteiger partial charge in [0.15, 0.2) is 5.72 Å². The van der Waals surface area contributed by atoms with Crippen LogP contribution in [0.15, 0.2) is 17.1 Å². The predicted octanol–water partition coefficient (Wildman–Crippen LogP) is 3.35. The van der Waals surface area contributed by atoms with E-state index in [1.807, 2.05) is 12.2 Å². The highest BCUT2D eigenvalue weighted by Crippen LogP contribution is 2.52. The summed E-state index contributed by atoms with van der Waals surface area (Å²) >= 11 is 1.39. The Labute approximate surface area is 170 Å². The largest absolute Gasteiger partial charge is 0.481 e. The molecular formula is C21H30N2O4S. The van der Waals surface area contributed by atoms with Crippen LogP contribution in [-0.4, -0.2) is 43.9 Å². The lowest BCUT2D eigenvalue weighted by Gasteiger charge is -2.26. The lowest BCUT2D eigenvalue weighted by molar-refractivity contribution is -0.137. The molecule has 6 nitrogen and oxygen atoms in total. The van der Waals surface area contributed by atoms with Crippen molar-refractivity contribution in [1.29, 1.82) is 5.26 Å². The fraction of sp³-hybridized carbons (Fsp3) is 0.762. The van der Waals surface area contributed by atoms with E-state index in [1.165, 1.54) is 31.0 Å².